The number of hydrogen-bond acceptors (Lipinski definition) is 5. The Hall–Kier alpha value is -2.38. The maximum atomic E-state index is 12.0. The number of nitrogens with two attached hydrogens (primary N) is 1. The molecule has 1 aliphatic rings. The van der Waals surface area contributed by atoms with Crippen LogP contribution in [0.25, 0.3) is 11.2 Å². The first-order valence-corrected chi connectivity index (χ1v) is 6.57. The molecule has 20 heavy (non-hydrogen) atoms. The number of imidazole rings is 1. The van der Waals surface area contributed by atoms with E-state index in [4.69, 9.17) is 5.73 Å². The van der Waals surface area contributed by atoms with Crippen LogP contribution in [-0.2, 0) is 16.1 Å². The van der Waals surface area contributed by atoms with E-state index in [0.717, 1.165) is 11.3 Å². The number of nitrogens with one attached hydrogen (secondary N) is 1. The number of amides is 2. The number of piperidine rings is 1. The molecule has 0 radical (unpaired) electrons. The summed E-state index contributed by atoms with van der Waals surface area (Å²) in [6, 6.07) is -0.515. The van der Waals surface area contributed by atoms with Gasteiger partial charge in [-0.05, 0) is 20.3 Å². The van der Waals surface area contributed by atoms with Crippen molar-refractivity contribution < 1.29 is 9.59 Å². The number of imide groups is 1. The van der Waals surface area contributed by atoms with Crippen LogP contribution in [0.3, 0.4) is 0 Å². The number of carbonyl (C=O) groups excluding carboxylic acids is 2. The largest absolute Gasteiger partial charge is 0.369 e. The van der Waals surface area contributed by atoms with Crippen molar-refractivity contribution in [3.8, 4) is 0 Å². The molecule has 0 spiro atoms. The lowest BCUT2D eigenvalue weighted by atomic mass is 10.1. The highest BCUT2D eigenvalue weighted by atomic mass is 16.2. The Bertz CT molecular complexity index is 713. The van der Waals surface area contributed by atoms with Crippen molar-refractivity contribution in [3.05, 3.63) is 5.69 Å². The van der Waals surface area contributed by atoms with Crippen LogP contribution >= 0.6 is 0 Å². The van der Waals surface area contributed by atoms with Crippen LogP contribution in [-0.4, -0.2) is 31.1 Å². The molecule has 1 atom stereocenters. The highest BCUT2D eigenvalue weighted by molar-refractivity contribution is 6.00. The summed E-state index contributed by atoms with van der Waals surface area (Å²) in [5.41, 5.74) is 8.18. The molecule has 0 saturated carbocycles. The Morgan fingerprint density at radius 1 is 1.45 bits per heavy atom. The zero-order chi connectivity index (χ0) is 14.4. The van der Waals surface area contributed by atoms with E-state index in [9.17, 15) is 9.59 Å². The third-order valence-corrected chi connectivity index (χ3v) is 3.59. The molecule has 0 aliphatic carbocycles. The Kier molecular flexibility index (Phi) is 2.73. The lowest BCUT2D eigenvalue weighted by Gasteiger charge is -2.23. The molecule has 3 N–H and O–H groups in total. The fraction of sp³-hybridized carbons (Fsp3) is 0.500. The van der Waals surface area contributed by atoms with Crippen molar-refractivity contribution in [2.45, 2.75) is 39.3 Å². The van der Waals surface area contributed by atoms with Gasteiger partial charge >= 0.3 is 0 Å². The van der Waals surface area contributed by atoms with Gasteiger partial charge in [-0.1, -0.05) is 0 Å². The van der Waals surface area contributed by atoms with Gasteiger partial charge in [0.05, 0.1) is 5.69 Å². The van der Waals surface area contributed by atoms with Crippen LogP contribution in [0.1, 0.15) is 31.5 Å². The first-order valence-electron chi connectivity index (χ1n) is 6.57. The van der Waals surface area contributed by atoms with Gasteiger partial charge < -0.3 is 5.73 Å². The fourth-order valence-corrected chi connectivity index (χ4v) is 2.66. The lowest BCUT2D eigenvalue weighted by Crippen LogP contribution is -2.42. The first-order chi connectivity index (χ1) is 9.52. The summed E-state index contributed by atoms with van der Waals surface area (Å²) in [4.78, 5) is 27.6. The molecule has 1 saturated heterocycles. The van der Waals surface area contributed by atoms with Crippen LogP contribution in [0, 0.1) is 6.92 Å². The Morgan fingerprint density at radius 3 is 2.85 bits per heavy atom. The zero-order valence-electron chi connectivity index (χ0n) is 11.4. The molecule has 1 fully saturated rings. The molecule has 1 unspecified atom stereocenters. The molecular weight excluding hydrogens is 260 g/mol. The van der Waals surface area contributed by atoms with Crippen LogP contribution < -0.4 is 11.1 Å². The second-order valence-electron chi connectivity index (χ2n) is 4.88. The van der Waals surface area contributed by atoms with Crippen molar-refractivity contribution in [1.29, 1.82) is 0 Å². The van der Waals surface area contributed by atoms with Crippen molar-refractivity contribution in [2.24, 2.45) is 0 Å². The Morgan fingerprint density at radius 2 is 2.20 bits per heavy atom. The molecule has 3 heterocycles. The van der Waals surface area contributed by atoms with E-state index in [-0.39, 0.29) is 17.8 Å². The normalized spacial score (nSPS) is 19.6. The smallest absolute Gasteiger partial charge is 0.249 e. The predicted octanol–water partition coefficient (Wildman–Crippen LogP) is 0.121. The minimum atomic E-state index is -0.515. The molecular formula is C12H16N6O2. The number of aryl methyl sites for hydroxylation is 2. The van der Waals surface area contributed by atoms with E-state index in [1.807, 2.05) is 13.8 Å². The van der Waals surface area contributed by atoms with E-state index >= 15 is 0 Å². The molecule has 8 nitrogen and oxygen atoms in total. The van der Waals surface area contributed by atoms with E-state index in [1.54, 1.807) is 9.25 Å². The predicted molar refractivity (Wildman–Crippen MR) is 71.8 cm³/mol. The molecule has 0 bridgehead atoms. The fourth-order valence-electron chi connectivity index (χ4n) is 2.66. The average molecular weight is 276 g/mol. The summed E-state index contributed by atoms with van der Waals surface area (Å²) in [6.07, 6.45) is 0.725. The van der Waals surface area contributed by atoms with Gasteiger partial charge in [0.2, 0.25) is 17.8 Å². The van der Waals surface area contributed by atoms with E-state index in [0.29, 0.717) is 24.9 Å². The molecule has 2 aromatic heterocycles. The third-order valence-electron chi connectivity index (χ3n) is 3.59. The van der Waals surface area contributed by atoms with Crippen molar-refractivity contribution in [1.82, 2.24) is 24.6 Å². The Balaban J connectivity index is 2.17. The number of nitrogen functional groups attached to an aromatic ring is 1. The van der Waals surface area contributed by atoms with E-state index < -0.39 is 6.04 Å². The number of nitrogens with zero attached hydrogens (tertiary/aromatic N) is 4. The lowest BCUT2D eigenvalue weighted by molar-refractivity contribution is -0.135. The van der Waals surface area contributed by atoms with Gasteiger partial charge in [0.1, 0.15) is 11.6 Å². The van der Waals surface area contributed by atoms with Crippen LogP contribution in [0.15, 0.2) is 0 Å². The third kappa shape index (κ3) is 1.68. The zero-order valence-corrected chi connectivity index (χ0v) is 11.4. The standard InChI is InChI=1S/C12H16N6O2/c1-3-17-11-9(6(2)16-17)15-12(13)18(11)7-4-5-8(19)14-10(7)20/h7H,3-5H2,1-2H3,(H2,13,15)(H,14,19,20). The summed E-state index contributed by atoms with van der Waals surface area (Å²) in [5, 5.41) is 6.73. The molecule has 2 aromatic rings. The van der Waals surface area contributed by atoms with Gasteiger partial charge in [-0.25, -0.2) is 9.67 Å². The first kappa shape index (κ1) is 12.6. The quantitative estimate of drug-likeness (QED) is 0.757. The number of anilines is 1. The summed E-state index contributed by atoms with van der Waals surface area (Å²) in [6.45, 7) is 4.47. The minimum absolute atomic E-state index is 0.249. The molecule has 0 aromatic carbocycles. The number of hydrogen-bond donors (Lipinski definition) is 2. The second-order valence-corrected chi connectivity index (χ2v) is 4.88. The topological polar surface area (TPSA) is 108 Å². The monoisotopic (exact) mass is 276 g/mol. The van der Waals surface area contributed by atoms with Crippen LogP contribution in [0.5, 0.6) is 0 Å². The highest BCUT2D eigenvalue weighted by Gasteiger charge is 2.32. The number of carbonyl (C=O) groups is 2. The van der Waals surface area contributed by atoms with Crippen molar-refractivity contribution in [3.63, 3.8) is 0 Å². The average Bonchev–Trinajstić information content (AvgIpc) is 2.88. The van der Waals surface area contributed by atoms with Crippen LogP contribution in [0.4, 0.5) is 5.95 Å². The summed E-state index contributed by atoms with van der Waals surface area (Å²) >= 11 is 0. The number of rotatable bonds is 2. The summed E-state index contributed by atoms with van der Waals surface area (Å²) in [5.74, 6) is -0.313. The molecule has 3 rings (SSSR count). The SMILES string of the molecule is CCn1nc(C)c2nc(N)n(C3CCC(=O)NC3=O)c21. The Labute approximate surface area is 114 Å². The molecule has 2 amide bonds. The molecule has 8 heteroatoms. The number of fused-ring (bicyclic) bond motifs is 1. The van der Waals surface area contributed by atoms with Gasteiger partial charge in [0.25, 0.3) is 0 Å². The maximum Gasteiger partial charge on any atom is 0.249 e. The van der Waals surface area contributed by atoms with Gasteiger partial charge in [0, 0.05) is 13.0 Å². The summed E-state index contributed by atoms with van der Waals surface area (Å²) < 4.78 is 3.46. The summed E-state index contributed by atoms with van der Waals surface area (Å²) in [7, 11) is 0. The molecule has 106 valence electrons. The van der Waals surface area contributed by atoms with E-state index in [1.165, 1.54) is 0 Å². The van der Waals surface area contributed by atoms with Crippen LogP contribution in [0.2, 0.25) is 0 Å². The van der Waals surface area contributed by atoms with Gasteiger partial charge in [-0.3, -0.25) is 19.5 Å². The van der Waals surface area contributed by atoms with Gasteiger partial charge in [-0.15, -0.1) is 0 Å². The van der Waals surface area contributed by atoms with Gasteiger partial charge in [0.15, 0.2) is 5.65 Å². The highest BCUT2D eigenvalue weighted by Crippen LogP contribution is 2.29. The minimum Gasteiger partial charge on any atom is -0.369 e. The van der Waals surface area contributed by atoms with Crippen molar-refractivity contribution in [2.75, 3.05) is 5.73 Å². The van der Waals surface area contributed by atoms with Crippen molar-refractivity contribution >= 4 is 28.9 Å². The number of aromatic nitrogens is 4. The molecule has 1 aliphatic heterocycles. The second kappa shape index (κ2) is 4.32. The van der Waals surface area contributed by atoms with Gasteiger partial charge in [-0.2, -0.15) is 5.10 Å². The van der Waals surface area contributed by atoms with E-state index in [2.05, 4.69) is 15.4 Å². The maximum absolute atomic E-state index is 12.0.